The number of nitrogen functional groups attached to an aromatic ring is 1. The van der Waals surface area contributed by atoms with Gasteiger partial charge in [0, 0.05) is 17.8 Å². The average Bonchev–Trinajstić information content (AvgIpc) is 2.45. The molecule has 0 atom stereocenters. The summed E-state index contributed by atoms with van der Waals surface area (Å²) in [5.41, 5.74) is 9.21. The number of rotatable bonds is 2. The van der Waals surface area contributed by atoms with E-state index in [1.165, 1.54) is 0 Å². The molecular formula is C15H13ClN4. The third-order valence-electron chi connectivity index (χ3n) is 3.02. The molecule has 3 rings (SSSR count). The molecule has 2 heterocycles. The van der Waals surface area contributed by atoms with Crippen LogP contribution in [-0.4, -0.2) is 9.97 Å². The maximum atomic E-state index is 6.18. The molecule has 3 N–H and O–H groups in total. The monoisotopic (exact) mass is 284 g/mol. The number of hydrogen-bond acceptors (Lipinski definition) is 4. The van der Waals surface area contributed by atoms with E-state index in [4.69, 9.17) is 17.3 Å². The van der Waals surface area contributed by atoms with Crippen LogP contribution in [0.2, 0.25) is 5.02 Å². The number of aromatic nitrogens is 2. The van der Waals surface area contributed by atoms with Gasteiger partial charge in [0.05, 0.1) is 21.9 Å². The zero-order chi connectivity index (χ0) is 14.1. The van der Waals surface area contributed by atoms with E-state index < -0.39 is 0 Å². The van der Waals surface area contributed by atoms with Crippen LogP contribution in [0.5, 0.6) is 0 Å². The fourth-order valence-electron chi connectivity index (χ4n) is 2.06. The molecule has 0 aliphatic rings. The van der Waals surface area contributed by atoms with Crippen molar-refractivity contribution in [3.63, 3.8) is 0 Å². The Morgan fingerprint density at radius 1 is 1.20 bits per heavy atom. The van der Waals surface area contributed by atoms with E-state index in [0.29, 0.717) is 16.5 Å². The molecule has 0 saturated heterocycles. The van der Waals surface area contributed by atoms with E-state index in [0.717, 1.165) is 22.2 Å². The van der Waals surface area contributed by atoms with Crippen molar-refractivity contribution in [3.8, 4) is 0 Å². The lowest BCUT2D eigenvalue weighted by molar-refractivity contribution is 1.26. The van der Waals surface area contributed by atoms with Gasteiger partial charge < -0.3 is 11.1 Å². The Morgan fingerprint density at radius 2 is 2.05 bits per heavy atom. The first kappa shape index (κ1) is 12.7. The van der Waals surface area contributed by atoms with Gasteiger partial charge in [-0.05, 0) is 42.8 Å². The summed E-state index contributed by atoms with van der Waals surface area (Å²) in [6.45, 7) is 1.95. The van der Waals surface area contributed by atoms with Crippen LogP contribution in [0.15, 0.2) is 42.7 Å². The van der Waals surface area contributed by atoms with Crippen LogP contribution in [0.4, 0.5) is 17.2 Å². The van der Waals surface area contributed by atoms with Gasteiger partial charge in [0.25, 0.3) is 0 Å². The minimum Gasteiger partial charge on any atom is -0.396 e. The Balaban J connectivity index is 2.09. The summed E-state index contributed by atoms with van der Waals surface area (Å²) >= 11 is 6.18. The highest BCUT2D eigenvalue weighted by molar-refractivity contribution is 6.35. The van der Waals surface area contributed by atoms with Crippen molar-refractivity contribution in [3.05, 3.63) is 53.3 Å². The van der Waals surface area contributed by atoms with Gasteiger partial charge in [-0.15, -0.1) is 0 Å². The molecule has 20 heavy (non-hydrogen) atoms. The van der Waals surface area contributed by atoms with Gasteiger partial charge >= 0.3 is 0 Å². The minimum absolute atomic E-state index is 0.601. The maximum absolute atomic E-state index is 6.18. The molecule has 0 aliphatic carbocycles. The highest BCUT2D eigenvalue weighted by Gasteiger charge is 2.08. The van der Waals surface area contributed by atoms with E-state index >= 15 is 0 Å². The molecule has 2 aromatic heterocycles. The van der Waals surface area contributed by atoms with E-state index in [2.05, 4.69) is 15.3 Å². The van der Waals surface area contributed by atoms with Gasteiger partial charge in [-0.3, -0.25) is 4.98 Å². The molecule has 0 radical (unpaired) electrons. The Labute approximate surface area is 121 Å². The van der Waals surface area contributed by atoms with E-state index in [9.17, 15) is 0 Å². The Kier molecular flexibility index (Phi) is 3.16. The van der Waals surface area contributed by atoms with Crippen molar-refractivity contribution in [1.29, 1.82) is 0 Å². The lowest BCUT2D eigenvalue weighted by Gasteiger charge is -2.11. The van der Waals surface area contributed by atoms with Gasteiger partial charge in [0.2, 0.25) is 0 Å². The van der Waals surface area contributed by atoms with Crippen LogP contribution >= 0.6 is 11.6 Å². The maximum Gasteiger partial charge on any atom is 0.153 e. The largest absolute Gasteiger partial charge is 0.396 e. The second-order valence-corrected chi connectivity index (χ2v) is 4.98. The molecule has 1 aromatic carbocycles. The van der Waals surface area contributed by atoms with E-state index in [-0.39, 0.29) is 0 Å². The van der Waals surface area contributed by atoms with Gasteiger partial charge in [0.15, 0.2) is 5.82 Å². The van der Waals surface area contributed by atoms with Crippen LogP contribution in [0.1, 0.15) is 5.56 Å². The fourth-order valence-corrected chi connectivity index (χ4v) is 2.28. The quantitative estimate of drug-likeness (QED) is 0.749. The fraction of sp³-hybridized carbons (Fsp3) is 0.0667. The Hall–Kier alpha value is -2.33. The highest BCUT2D eigenvalue weighted by Crippen LogP contribution is 2.30. The van der Waals surface area contributed by atoms with Gasteiger partial charge in [-0.2, -0.15) is 0 Å². The van der Waals surface area contributed by atoms with Crippen LogP contribution in [0.25, 0.3) is 10.9 Å². The molecule has 0 aliphatic heterocycles. The molecule has 0 spiro atoms. The average molecular weight is 285 g/mol. The number of anilines is 3. The first-order valence-corrected chi connectivity index (χ1v) is 6.55. The molecule has 0 saturated carbocycles. The topological polar surface area (TPSA) is 63.8 Å². The Bertz CT molecular complexity index is 786. The summed E-state index contributed by atoms with van der Waals surface area (Å²) < 4.78 is 0. The molecule has 4 nitrogen and oxygen atoms in total. The minimum atomic E-state index is 0.601. The second-order valence-electron chi connectivity index (χ2n) is 4.57. The van der Waals surface area contributed by atoms with Gasteiger partial charge in [-0.25, -0.2) is 4.98 Å². The van der Waals surface area contributed by atoms with Crippen molar-refractivity contribution in [1.82, 2.24) is 9.97 Å². The SMILES string of the molecule is Cc1cnc(Nc2ccc(Cl)c3cccnc23)c(N)c1. The van der Waals surface area contributed by atoms with Crippen molar-refractivity contribution < 1.29 is 0 Å². The van der Waals surface area contributed by atoms with E-state index in [1.807, 2.05) is 37.3 Å². The van der Waals surface area contributed by atoms with Crippen LogP contribution in [-0.2, 0) is 0 Å². The molecule has 0 unspecified atom stereocenters. The predicted octanol–water partition coefficient (Wildman–Crippen LogP) is 3.92. The Morgan fingerprint density at radius 3 is 2.85 bits per heavy atom. The number of benzene rings is 1. The summed E-state index contributed by atoms with van der Waals surface area (Å²) in [5.74, 6) is 0.616. The predicted molar refractivity (Wildman–Crippen MR) is 83.4 cm³/mol. The molecule has 0 fully saturated rings. The molecular weight excluding hydrogens is 272 g/mol. The van der Waals surface area contributed by atoms with E-state index in [1.54, 1.807) is 12.4 Å². The molecule has 0 amide bonds. The van der Waals surface area contributed by atoms with Crippen molar-refractivity contribution in [2.45, 2.75) is 6.92 Å². The van der Waals surface area contributed by atoms with Crippen molar-refractivity contribution >= 4 is 39.7 Å². The first-order chi connectivity index (χ1) is 9.65. The summed E-state index contributed by atoms with van der Waals surface area (Å²) in [5, 5.41) is 4.78. The molecule has 5 heteroatoms. The van der Waals surface area contributed by atoms with Gasteiger partial charge in [0.1, 0.15) is 0 Å². The number of pyridine rings is 2. The third-order valence-corrected chi connectivity index (χ3v) is 3.35. The summed E-state index contributed by atoms with van der Waals surface area (Å²) in [6.07, 6.45) is 3.50. The van der Waals surface area contributed by atoms with Crippen LogP contribution < -0.4 is 11.1 Å². The van der Waals surface area contributed by atoms with Gasteiger partial charge in [-0.1, -0.05) is 11.6 Å². The lowest BCUT2D eigenvalue weighted by Crippen LogP contribution is -2.00. The summed E-state index contributed by atoms with van der Waals surface area (Å²) in [6, 6.07) is 9.37. The van der Waals surface area contributed by atoms with Crippen LogP contribution in [0, 0.1) is 6.92 Å². The number of halogens is 1. The highest BCUT2D eigenvalue weighted by atomic mass is 35.5. The first-order valence-electron chi connectivity index (χ1n) is 6.17. The second kappa shape index (κ2) is 4.98. The smallest absolute Gasteiger partial charge is 0.153 e. The molecule has 0 bridgehead atoms. The number of nitrogens with zero attached hydrogens (tertiary/aromatic N) is 2. The molecule has 3 aromatic rings. The lowest BCUT2D eigenvalue weighted by atomic mass is 10.2. The number of nitrogens with two attached hydrogens (primary N) is 1. The standard InChI is InChI=1S/C15H13ClN4/c1-9-7-12(17)15(19-8-9)20-13-5-4-11(16)10-3-2-6-18-14(10)13/h2-8H,17H2,1H3,(H,19,20). The summed E-state index contributed by atoms with van der Waals surface area (Å²) in [4.78, 5) is 8.68. The molecule has 100 valence electrons. The number of hydrogen-bond donors (Lipinski definition) is 2. The number of aryl methyl sites for hydroxylation is 1. The number of nitrogens with one attached hydrogen (secondary N) is 1. The normalized spacial score (nSPS) is 10.7. The summed E-state index contributed by atoms with van der Waals surface area (Å²) in [7, 11) is 0. The van der Waals surface area contributed by atoms with Crippen molar-refractivity contribution in [2.75, 3.05) is 11.1 Å². The zero-order valence-corrected chi connectivity index (χ0v) is 11.6. The third kappa shape index (κ3) is 2.26. The van der Waals surface area contributed by atoms with Crippen molar-refractivity contribution in [2.24, 2.45) is 0 Å². The zero-order valence-electron chi connectivity index (χ0n) is 10.9. The number of fused-ring (bicyclic) bond motifs is 1. The van der Waals surface area contributed by atoms with Crippen LogP contribution in [0.3, 0.4) is 0 Å².